The molecule has 128 valence electrons. The van der Waals surface area contributed by atoms with E-state index in [0.717, 1.165) is 27.6 Å². The molecule has 4 heteroatoms. The van der Waals surface area contributed by atoms with Crippen LogP contribution >= 0.6 is 0 Å². The van der Waals surface area contributed by atoms with Crippen molar-refractivity contribution in [2.45, 2.75) is 13.5 Å². The molecule has 25 heavy (non-hydrogen) atoms. The number of hydrogen-bond acceptors (Lipinski definition) is 4. The largest absolute Gasteiger partial charge is 0.507 e. The number of rotatable bonds is 4. The molecule has 3 aromatic rings. The van der Waals surface area contributed by atoms with E-state index in [-0.39, 0.29) is 5.75 Å². The summed E-state index contributed by atoms with van der Waals surface area (Å²) in [6, 6.07) is 15.4. The highest BCUT2D eigenvalue weighted by Crippen LogP contribution is 2.34. The summed E-state index contributed by atoms with van der Waals surface area (Å²) in [5, 5.41) is 11.9. The molecule has 4 nitrogen and oxygen atoms in total. The van der Waals surface area contributed by atoms with Gasteiger partial charge in [0.15, 0.2) is 0 Å². The molecule has 0 fully saturated rings. The molecule has 3 aromatic carbocycles. The van der Waals surface area contributed by atoms with Gasteiger partial charge in [0.25, 0.3) is 0 Å². The van der Waals surface area contributed by atoms with Crippen LogP contribution in [0.5, 0.6) is 5.75 Å². The standard InChI is InChI=1S/C21H20O4/c1-13-17-9-8-16(15-6-4-14(5-7-15)12-24-2)10-19(17)20(22)11-18(13)21(23)25-3/h4-11,22H,12H2,1-3H3. The van der Waals surface area contributed by atoms with Crippen molar-refractivity contribution in [1.82, 2.24) is 0 Å². The fourth-order valence-electron chi connectivity index (χ4n) is 3.01. The van der Waals surface area contributed by atoms with Crippen LogP contribution in [0.3, 0.4) is 0 Å². The van der Waals surface area contributed by atoms with Gasteiger partial charge in [-0.3, -0.25) is 0 Å². The van der Waals surface area contributed by atoms with Gasteiger partial charge >= 0.3 is 5.97 Å². The summed E-state index contributed by atoms with van der Waals surface area (Å²) in [5.41, 5.74) is 4.33. The predicted octanol–water partition coefficient (Wildman–Crippen LogP) is 4.45. The van der Waals surface area contributed by atoms with Crippen molar-refractivity contribution in [2.75, 3.05) is 14.2 Å². The molecule has 3 rings (SSSR count). The summed E-state index contributed by atoms with van der Waals surface area (Å²) < 4.78 is 9.91. The topological polar surface area (TPSA) is 55.8 Å². The second kappa shape index (κ2) is 6.95. The van der Waals surface area contributed by atoms with E-state index in [1.807, 2.05) is 49.4 Å². The molecule has 0 spiro atoms. The Hall–Kier alpha value is -2.85. The number of methoxy groups -OCH3 is 2. The lowest BCUT2D eigenvalue weighted by atomic mass is 9.95. The van der Waals surface area contributed by atoms with Crippen molar-refractivity contribution >= 4 is 16.7 Å². The van der Waals surface area contributed by atoms with Crippen LogP contribution in [-0.2, 0) is 16.1 Å². The van der Waals surface area contributed by atoms with Gasteiger partial charge in [-0.25, -0.2) is 4.79 Å². The zero-order valence-corrected chi connectivity index (χ0v) is 14.5. The summed E-state index contributed by atoms with van der Waals surface area (Å²) in [4.78, 5) is 11.9. The first-order valence-corrected chi connectivity index (χ1v) is 7.98. The molecule has 0 aliphatic heterocycles. The quantitative estimate of drug-likeness (QED) is 0.715. The van der Waals surface area contributed by atoms with E-state index in [0.29, 0.717) is 17.6 Å². The van der Waals surface area contributed by atoms with Crippen molar-refractivity contribution < 1.29 is 19.4 Å². The third-order valence-corrected chi connectivity index (χ3v) is 4.39. The first kappa shape index (κ1) is 17.0. The Labute approximate surface area is 146 Å². The van der Waals surface area contributed by atoms with Gasteiger partial charge in [0.1, 0.15) is 5.75 Å². The summed E-state index contributed by atoms with van der Waals surface area (Å²) in [6.45, 7) is 2.43. The Kier molecular flexibility index (Phi) is 4.72. The molecule has 0 bridgehead atoms. The van der Waals surface area contributed by atoms with Crippen molar-refractivity contribution in [1.29, 1.82) is 0 Å². The summed E-state index contributed by atoms with van der Waals surface area (Å²) in [6.07, 6.45) is 0. The number of phenols is 1. The smallest absolute Gasteiger partial charge is 0.338 e. The first-order valence-electron chi connectivity index (χ1n) is 7.98. The minimum Gasteiger partial charge on any atom is -0.507 e. The van der Waals surface area contributed by atoms with Crippen molar-refractivity contribution in [2.24, 2.45) is 0 Å². The molecule has 0 atom stereocenters. The van der Waals surface area contributed by atoms with Crippen LogP contribution < -0.4 is 0 Å². The van der Waals surface area contributed by atoms with Gasteiger partial charge in [0.2, 0.25) is 0 Å². The van der Waals surface area contributed by atoms with E-state index in [1.165, 1.54) is 13.2 Å². The monoisotopic (exact) mass is 336 g/mol. The average molecular weight is 336 g/mol. The summed E-state index contributed by atoms with van der Waals surface area (Å²) in [5.74, 6) is -0.383. The number of aromatic hydroxyl groups is 1. The zero-order valence-electron chi connectivity index (χ0n) is 14.5. The first-order chi connectivity index (χ1) is 12.0. The van der Waals surface area contributed by atoms with Gasteiger partial charge in [-0.15, -0.1) is 0 Å². The molecule has 0 radical (unpaired) electrons. The fraction of sp³-hybridized carbons (Fsp3) is 0.190. The van der Waals surface area contributed by atoms with Gasteiger partial charge in [0, 0.05) is 12.5 Å². The Bertz CT molecular complexity index is 927. The molecule has 0 aliphatic rings. The highest BCUT2D eigenvalue weighted by molar-refractivity contribution is 6.02. The van der Waals surface area contributed by atoms with E-state index in [9.17, 15) is 9.90 Å². The van der Waals surface area contributed by atoms with Gasteiger partial charge in [0.05, 0.1) is 19.3 Å². The SMILES string of the molecule is COCc1ccc(-c2ccc3c(C)c(C(=O)OC)cc(O)c3c2)cc1. The molecular weight excluding hydrogens is 316 g/mol. The third kappa shape index (κ3) is 3.21. The lowest BCUT2D eigenvalue weighted by Gasteiger charge is -2.12. The normalized spacial score (nSPS) is 10.8. The number of hydrogen-bond donors (Lipinski definition) is 1. The van der Waals surface area contributed by atoms with Crippen LogP contribution in [0.2, 0.25) is 0 Å². The van der Waals surface area contributed by atoms with Crippen molar-refractivity contribution in [3.63, 3.8) is 0 Å². The number of aryl methyl sites for hydroxylation is 1. The molecule has 1 N–H and O–H groups in total. The number of benzene rings is 3. The van der Waals surface area contributed by atoms with Crippen LogP contribution in [0.1, 0.15) is 21.5 Å². The molecule has 0 aliphatic carbocycles. The van der Waals surface area contributed by atoms with E-state index in [4.69, 9.17) is 9.47 Å². The maximum Gasteiger partial charge on any atom is 0.338 e. The van der Waals surface area contributed by atoms with Gasteiger partial charge in [-0.2, -0.15) is 0 Å². The number of esters is 1. The lowest BCUT2D eigenvalue weighted by molar-refractivity contribution is 0.0599. The van der Waals surface area contributed by atoms with Crippen LogP contribution in [0.25, 0.3) is 21.9 Å². The molecule has 0 saturated heterocycles. The van der Waals surface area contributed by atoms with Gasteiger partial charge in [-0.1, -0.05) is 36.4 Å². The zero-order chi connectivity index (χ0) is 18.0. The maximum absolute atomic E-state index is 11.9. The average Bonchev–Trinajstić information content (AvgIpc) is 2.64. The Balaban J connectivity index is 2.08. The highest BCUT2D eigenvalue weighted by Gasteiger charge is 2.15. The van der Waals surface area contributed by atoms with E-state index >= 15 is 0 Å². The third-order valence-electron chi connectivity index (χ3n) is 4.39. The second-order valence-corrected chi connectivity index (χ2v) is 5.95. The summed E-state index contributed by atoms with van der Waals surface area (Å²) >= 11 is 0. The van der Waals surface area contributed by atoms with E-state index < -0.39 is 5.97 Å². The minimum atomic E-state index is -0.451. The fourth-order valence-corrected chi connectivity index (χ4v) is 3.01. The van der Waals surface area contributed by atoms with Crippen LogP contribution in [0.4, 0.5) is 0 Å². The van der Waals surface area contributed by atoms with E-state index in [1.54, 1.807) is 7.11 Å². The maximum atomic E-state index is 11.9. The van der Waals surface area contributed by atoms with Crippen molar-refractivity contribution in [3.05, 3.63) is 65.2 Å². The number of fused-ring (bicyclic) bond motifs is 1. The lowest BCUT2D eigenvalue weighted by Crippen LogP contribution is -2.04. The summed E-state index contributed by atoms with van der Waals surface area (Å²) in [7, 11) is 3.00. The second-order valence-electron chi connectivity index (χ2n) is 5.95. The molecule has 0 unspecified atom stereocenters. The number of ether oxygens (including phenoxy) is 2. The predicted molar refractivity (Wildman–Crippen MR) is 97.8 cm³/mol. The molecule has 0 aromatic heterocycles. The Morgan fingerprint density at radius 2 is 1.64 bits per heavy atom. The number of carbonyl (C=O) groups is 1. The number of phenolic OH excluding ortho intramolecular Hbond substituents is 1. The molecular formula is C21H20O4. The van der Waals surface area contributed by atoms with Crippen LogP contribution in [0.15, 0.2) is 48.5 Å². The molecule has 0 amide bonds. The van der Waals surface area contributed by atoms with Crippen LogP contribution in [-0.4, -0.2) is 25.3 Å². The highest BCUT2D eigenvalue weighted by atomic mass is 16.5. The Morgan fingerprint density at radius 1 is 0.960 bits per heavy atom. The van der Waals surface area contributed by atoms with Gasteiger partial charge in [-0.05, 0) is 46.7 Å². The van der Waals surface area contributed by atoms with E-state index in [2.05, 4.69) is 0 Å². The van der Waals surface area contributed by atoms with Gasteiger partial charge < -0.3 is 14.6 Å². The Morgan fingerprint density at radius 3 is 2.28 bits per heavy atom. The van der Waals surface area contributed by atoms with Crippen molar-refractivity contribution in [3.8, 4) is 16.9 Å². The molecule has 0 heterocycles. The minimum absolute atomic E-state index is 0.0684. The number of carbonyl (C=O) groups excluding carboxylic acids is 1. The molecule has 0 saturated carbocycles. The van der Waals surface area contributed by atoms with Crippen LogP contribution in [0, 0.1) is 6.92 Å².